The van der Waals surface area contributed by atoms with Gasteiger partial charge in [0.2, 0.25) is 0 Å². The maximum absolute atomic E-state index is 12.3. The molecule has 24 heavy (non-hydrogen) atoms. The first-order valence-electron chi connectivity index (χ1n) is 7.53. The maximum Gasteiger partial charge on any atom is 0.484 e. The van der Waals surface area contributed by atoms with Crippen LogP contribution < -0.4 is 0 Å². The second-order valence-electron chi connectivity index (χ2n) is 5.73. The van der Waals surface area contributed by atoms with E-state index in [1.807, 2.05) is 20.8 Å². The van der Waals surface area contributed by atoms with E-state index in [1.54, 1.807) is 13.0 Å². The van der Waals surface area contributed by atoms with Gasteiger partial charge in [-0.15, -0.1) is 6.58 Å². The fourth-order valence-electron chi connectivity index (χ4n) is 1.51. The van der Waals surface area contributed by atoms with Crippen LogP contribution in [0, 0.1) is 0 Å². The summed E-state index contributed by atoms with van der Waals surface area (Å²) in [6.45, 7) is 11.1. The highest BCUT2D eigenvalue weighted by molar-refractivity contribution is 7.61. The average Bonchev–Trinajstić information content (AvgIpc) is 2.35. The largest absolute Gasteiger partial charge is 0.484 e. The van der Waals surface area contributed by atoms with Gasteiger partial charge in [0.15, 0.2) is 0 Å². The fraction of sp³-hybridized carbons (Fsp3) is 0.600. The fourth-order valence-corrected chi connectivity index (χ4v) is 3.57. The minimum Gasteiger partial charge on any atom is -0.302 e. The van der Waals surface area contributed by atoms with Crippen LogP contribution in [0.5, 0.6) is 0 Å². The second-order valence-corrected chi connectivity index (χ2v) is 8.77. The van der Waals surface area contributed by atoms with Gasteiger partial charge in [0, 0.05) is 0 Å². The molecular weight excluding hydrogens is 354 g/mol. The van der Waals surface area contributed by atoms with Crippen LogP contribution in [-0.2, 0) is 22.5 Å². The van der Waals surface area contributed by atoms with E-state index in [0.29, 0.717) is 6.42 Å². The lowest BCUT2D eigenvalue weighted by Crippen LogP contribution is -2.01. The van der Waals surface area contributed by atoms with E-state index in [4.69, 9.17) is 18.8 Å². The molecule has 0 amide bonds. The normalized spacial score (nSPS) is 15.0. The lowest BCUT2D eigenvalue weighted by atomic mass is 10.1. The van der Waals surface area contributed by atoms with Crippen molar-refractivity contribution < 1.29 is 32.3 Å². The minimum absolute atomic E-state index is 0.0735. The van der Waals surface area contributed by atoms with Crippen molar-refractivity contribution >= 4 is 15.6 Å². The number of phosphoric ester groups is 1. The van der Waals surface area contributed by atoms with E-state index < -0.39 is 15.6 Å². The lowest BCUT2D eigenvalue weighted by molar-refractivity contribution is 0.150. The zero-order chi connectivity index (χ0) is 18.8. The zero-order valence-corrected chi connectivity index (χ0v) is 16.5. The quantitative estimate of drug-likeness (QED) is 0.366. The summed E-state index contributed by atoms with van der Waals surface area (Å²) in [6.07, 6.45) is 5.82. The van der Waals surface area contributed by atoms with Crippen LogP contribution in [0.4, 0.5) is 0 Å². The first-order valence-corrected chi connectivity index (χ1v) is 10.5. The summed E-state index contributed by atoms with van der Waals surface area (Å²) in [5.74, 6) is 0. The molecule has 0 radical (unpaired) electrons. The third-order valence-corrected chi connectivity index (χ3v) is 5.36. The summed E-state index contributed by atoms with van der Waals surface area (Å²) in [5, 5.41) is 0. The molecule has 0 aliphatic carbocycles. The summed E-state index contributed by atoms with van der Waals surface area (Å²) in [5.41, 5.74) is 2.99. The molecule has 1 atom stereocenters. The number of hydrogen-bond donors (Lipinski definition) is 2. The van der Waals surface area contributed by atoms with Gasteiger partial charge in [0.05, 0.1) is 13.2 Å². The van der Waals surface area contributed by atoms with Gasteiger partial charge in [-0.1, -0.05) is 28.9 Å². The van der Waals surface area contributed by atoms with Crippen molar-refractivity contribution in [1.29, 1.82) is 0 Å². The molecule has 140 valence electrons. The van der Waals surface area contributed by atoms with Crippen molar-refractivity contribution in [1.82, 2.24) is 0 Å². The van der Waals surface area contributed by atoms with Gasteiger partial charge < -0.3 is 9.79 Å². The Bertz CT molecular complexity index is 556. The van der Waals surface area contributed by atoms with Crippen LogP contribution in [0.2, 0.25) is 0 Å². The van der Waals surface area contributed by atoms with Gasteiger partial charge in [-0.3, -0.25) is 9.05 Å². The summed E-state index contributed by atoms with van der Waals surface area (Å²) in [6, 6.07) is 0. The number of phosphoric acid groups is 2. The molecule has 0 saturated heterocycles. The van der Waals surface area contributed by atoms with Crippen molar-refractivity contribution in [3.63, 3.8) is 0 Å². The molecular formula is C15H28O7P2. The number of allylic oxidation sites excluding steroid dienone is 3. The van der Waals surface area contributed by atoms with Crippen molar-refractivity contribution in [3.05, 3.63) is 35.5 Å². The Labute approximate surface area is 144 Å². The SMILES string of the molecule is C=C(C)CCOP(=O)(OC/C=C(\C)CCC=C(C)C)OP(=O)(O)O. The molecule has 0 fully saturated rings. The molecule has 0 aromatic heterocycles. The van der Waals surface area contributed by atoms with E-state index in [1.165, 1.54) is 5.57 Å². The van der Waals surface area contributed by atoms with Crippen LogP contribution in [0.15, 0.2) is 35.5 Å². The van der Waals surface area contributed by atoms with Gasteiger partial charge in [0.25, 0.3) is 0 Å². The predicted molar refractivity (Wildman–Crippen MR) is 94.5 cm³/mol. The van der Waals surface area contributed by atoms with Gasteiger partial charge in [-0.2, -0.15) is 4.31 Å². The van der Waals surface area contributed by atoms with E-state index >= 15 is 0 Å². The average molecular weight is 382 g/mol. The first kappa shape index (κ1) is 23.5. The van der Waals surface area contributed by atoms with Crippen LogP contribution >= 0.6 is 15.6 Å². The summed E-state index contributed by atoms with van der Waals surface area (Å²) < 4.78 is 37.3. The Balaban J connectivity index is 4.64. The molecule has 0 aliphatic rings. The lowest BCUT2D eigenvalue weighted by Gasteiger charge is -2.17. The van der Waals surface area contributed by atoms with Crippen LogP contribution in [0.3, 0.4) is 0 Å². The highest BCUT2D eigenvalue weighted by Gasteiger charge is 2.35. The van der Waals surface area contributed by atoms with E-state index in [9.17, 15) is 9.13 Å². The number of rotatable bonds is 12. The Morgan fingerprint density at radius 1 is 1.04 bits per heavy atom. The van der Waals surface area contributed by atoms with Gasteiger partial charge >= 0.3 is 15.6 Å². The predicted octanol–water partition coefficient (Wildman–Crippen LogP) is 4.90. The molecule has 0 aromatic carbocycles. The Hall–Kier alpha value is -0.520. The first-order chi connectivity index (χ1) is 10.9. The van der Waals surface area contributed by atoms with Crippen LogP contribution in [-0.4, -0.2) is 23.0 Å². The second kappa shape index (κ2) is 11.2. The molecule has 1 unspecified atom stereocenters. The molecule has 0 saturated carbocycles. The Morgan fingerprint density at radius 3 is 2.17 bits per heavy atom. The Kier molecular flexibility index (Phi) is 10.9. The molecule has 0 aromatic rings. The van der Waals surface area contributed by atoms with E-state index in [-0.39, 0.29) is 13.2 Å². The molecule has 9 heteroatoms. The van der Waals surface area contributed by atoms with Crippen molar-refractivity contribution in [2.24, 2.45) is 0 Å². The molecule has 0 rings (SSSR count). The van der Waals surface area contributed by atoms with Crippen LogP contribution in [0.1, 0.15) is 47.0 Å². The van der Waals surface area contributed by atoms with Gasteiger partial charge in [0.1, 0.15) is 0 Å². The number of hydrogen-bond acceptors (Lipinski definition) is 5. The van der Waals surface area contributed by atoms with Gasteiger partial charge in [-0.25, -0.2) is 9.13 Å². The smallest absolute Gasteiger partial charge is 0.302 e. The zero-order valence-electron chi connectivity index (χ0n) is 14.7. The topological polar surface area (TPSA) is 102 Å². The van der Waals surface area contributed by atoms with Crippen molar-refractivity contribution in [2.45, 2.75) is 47.0 Å². The maximum atomic E-state index is 12.3. The van der Waals surface area contributed by atoms with E-state index in [0.717, 1.165) is 24.0 Å². The van der Waals surface area contributed by atoms with Gasteiger partial charge in [-0.05, 0) is 47.0 Å². The minimum atomic E-state index is -5.01. The molecule has 0 heterocycles. The summed E-state index contributed by atoms with van der Waals surface area (Å²) in [4.78, 5) is 17.7. The van der Waals surface area contributed by atoms with Crippen molar-refractivity contribution in [2.75, 3.05) is 13.2 Å². The summed E-state index contributed by atoms with van der Waals surface area (Å²) in [7, 11) is -9.36. The third kappa shape index (κ3) is 13.9. The molecule has 0 spiro atoms. The Morgan fingerprint density at radius 2 is 1.67 bits per heavy atom. The summed E-state index contributed by atoms with van der Waals surface area (Å²) >= 11 is 0. The standard InChI is InChI=1S/C15H28O7P2/c1-13(2)7-6-8-15(5)10-12-21-24(19,22-23(16,17)18)20-11-9-14(3)4/h7,10H,3,6,8-9,11-12H2,1-2,4-5H3,(H2,16,17,18)/b15-10+. The molecule has 2 N–H and O–H groups in total. The monoisotopic (exact) mass is 382 g/mol. The highest BCUT2D eigenvalue weighted by Crippen LogP contribution is 2.61. The third-order valence-electron chi connectivity index (χ3n) is 2.74. The molecule has 7 nitrogen and oxygen atoms in total. The van der Waals surface area contributed by atoms with Crippen LogP contribution in [0.25, 0.3) is 0 Å². The molecule has 0 aliphatic heterocycles. The van der Waals surface area contributed by atoms with Crippen molar-refractivity contribution in [3.8, 4) is 0 Å². The van der Waals surface area contributed by atoms with E-state index in [2.05, 4.69) is 17.0 Å². The highest BCUT2D eigenvalue weighted by atomic mass is 31.3. The molecule has 0 bridgehead atoms.